The van der Waals surface area contributed by atoms with Crippen molar-refractivity contribution in [2.75, 3.05) is 6.54 Å². The molecule has 0 fully saturated rings. The van der Waals surface area contributed by atoms with E-state index in [9.17, 15) is 0 Å². The molecule has 22 heavy (non-hydrogen) atoms. The van der Waals surface area contributed by atoms with Crippen LogP contribution in [0.15, 0.2) is 41.4 Å². The number of hydrogen-bond donors (Lipinski definition) is 0. The van der Waals surface area contributed by atoms with Crippen LogP contribution >= 0.6 is 11.6 Å². The van der Waals surface area contributed by atoms with Crippen LogP contribution in [0, 0.1) is 0 Å². The number of oxazole rings is 1. The first-order valence-corrected chi connectivity index (χ1v) is 7.44. The van der Waals surface area contributed by atoms with Crippen LogP contribution in [-0.4, -0.2) is 31.2 Å². The maximum Gasteiger partial charge on any atom is 0.246 e. The van der Waals surface area contributed by atoms with Crippen molar-refractivity contribution in [3.05, 3.63) is 53.3 Å². The van der Waals surface area contributed by atoms with Crippen LogP contribution in [0.1, 0.15) is 11.3 Å². The van der Waals surface area contributed by atoms with E-state index in [0.717, 1.165) is 43.1 Å². The van der Waals surface area contributed by atoms with Gasteiger partial charge >= 0.3 is 0 Å². The van der Waals surface area contributed by atoms with Crippen molar-refractivity contribution in [3.8, 4) is 11.6 Å². The molecule has 0 saturated heterocycles. The van der Waals surface area contributed by atoms with Gasteiger partial charge in [-0.05, 0) is 17.7 Å². The second kappa shape index (κ2) is 5.55. The Kier molecular flexibility index (Phi) is 3.40. The van der Waals surface area contributed by atoms with Crippen LogP contribution in [0.3, 0.4) is 0 Å². The number of hydrogen-bond acceptors (Lipinski definition) is 5. The minimum absolute atomic E-state index is 0.562. The highest BCUT2D eigenvalue weighted by molar-refractivity contribution is 6.30. The summed E-state index contributed by atoms with van der Waals surface area (Å²) in [6.07, 6.45) is 6.70. The van der Waals surface area contributed by atoms with Crippen LogP contribution < -0.4 is 0 Å². The largest absolute Gasteiger partial charge is 0.443 e. The summed E-state index contributed by atoms with van der Waals surface area (Å²) in [4.78, 5) is 10.6. The van der Waals surface area contributed by atoms with Crippen molar-refractivity contribution in [3.63, 3.8) is 0 Å². The molecule has 1 aliphatic heterocycles. The maximum atomic E-state index is 5.99. The second-order valence-electron chi connectivity index (χ2n) is 5.30. The van der Waals surface area contributed by atoms with Crippen molar-refractivity contribution in [1.82, 2.24) is 24.6 Å². The van der Waals surface area contributed by atoms with Crippen molar-refractivity contribution in [2.45, 2.75) is 19.6 Å². The molecule has 6 nitrogen and oxygen atoms in total. The number of pyridine rings is 1. The summed E-state index contributed by atoms with van der Waals surface area (Å²) >= 11 is 5.99. The van der Waals surface area contributed by atoms with E-state index in [1.165, 1.54) is 0 Å². The summed E-state index contributed by atoms with van der Waals surface area (Å²) in [6.45, 7) is 3.45. The molecule has 3 aromatic heterocycles. The molecule has 0 spiro atoms. The van der Waals surface area contributed by atoms with E-state index in [4.69, 9.17) is 16.0 Å². The number of rotatable bonds is 3. The van der Waals surface area contributed by atoms with Gasteiger partial charge in [-0.15, -0.1) is 0 Å². The van der Waals surface area contributed by atoms with Gasteiger partial charge in [0.2, 0.25) is 5.89 Å². The van der Waals surface area contributed by atoms with Crippen LogP contribution in [0.4, 0.5) is 0 Å². The smallest absolute Gasteiger partial charge is 0.246 e. The third-order valence-corrected chi connectivity index (χ3v) is 3.90. The fourth-order valence-electron chi connectivity index (χ4n) is 2.71. The summed E-state index contributed by atoms with van der Waals surface area (Å²) in [6, 6.07) is 3.99. The fraction of sp³-hybridized carbons (Fsp3) is 0.267. The summed E-state index contributed by atoms with van der Waals surface area (Å²) in [5, 5.41) is 5.22. The number of halogens is 1. The van der Waals surface area contributed by atoms with Crippen molar-refractivity contribution < 1.29 is 4.42 Å². The molecule has 0 bridgehead atoms. The maximum absolute atomic E-state index is 5.99. The SMILES string of the molecule is Clc1cncc(CN2CCn3nc(-c4ncco4)cc3C2)c1. The van der Waals surface area contributed by atoms with Crippen LogP contribution in [0.5, 0.6) is 0 Å². The number of aromatic nitrogens is 4. The summed E-state index contributed by atoms with van der Waals surface area (Å²) in [7, 11) is 0. The highest BCUT2D eigenvalue weighted by Crippen LogP contribution is 2.22. The number of nitrogens with zero attached hydrogens (tertiary/aromatic N) is 5. The predicted octanol–water partition coefficient (Wildman–Crippen LogP) is 2.60. The molecule has 4 heterocycles. The predicted molar refractivity (Wildman–Crippen MR) is 81.1 cm³/mol. The topological polar surface area (TPSA) is 60.0 Å². The molecule has 7 heteroatoms. The molecule has 1 aliphatic rings. The van der Waals surface area contributed by atoms with E-state index < -0.39 is 0 Å². The van der Waals surface area contributed by atoms with Crippen LogP contribution in [0.2, 0.25) is 5.02 Å². The van der Waals surface area contributed by atoms with E-state index in [-0.39, 0.29) is 0 Å². The molecule has 0 saturated carbocycles. The van der Waals surface area contributed by atoms with E-state index >= 15 is 0 Å². The van der Waals surface area contributed by atoms with Crippen LogP contribution in [-0.2, 0) is 19.6 Å². The van der Waals surface area contributed by atoms with Crippen LogP contribution in [0.25, 0.3) is 11.6 Å². The molecule has 3 aromatic rings. The molecule has 0 aromatic carbocycles. The van der Waals surface area contributed by atoms with Gasteiger partial charge in [-0.25, -0.2) is 4.98 Å². The van der Waals surface area contributed by atoms with E-state index in [1.54, 1.807) is 18.7 Å². The molecule has 0 atom stereocenters. The average Bonchev–Trinajstić information content (AvgIpc) is 3.16. The highest BCUT2D eigenvalue weighted by atomic mass is 35.5. The Bertz CT molecular complexity index is 783. The molecule has 112 valence electrons. The zero-order valence-electron chi connectivity index (χ0n) is 11.8. The number of fused-ring (bicyclic) bond motifs is 1. The lowest BCUT2D eigenvalue weighted by Crippen LogP contribution is -2.33. The third kappa shape index (κ3) is 2.63. The molecule has 0 radical (unpaired) electrons. The zero-order valence-corrected chi connectivity index (χ0v) is 12.6. The van der Waals surface area contributed by atoms with E-state index in [0.29, 0.717) is 10.9 Å². The Morgan fingerprint density at radius 2 is 2.18 bits per heavy atom. The molecule has 0 unspecified atom stereocenters. The van der Waals surface area contributed by atoms with E-state index in [2.05, 4.69) is 20.0 Å². The highest BCUT2D eigenvalue weighted by Gasteiger charge is 2.20. The van der Waals surface area contributed by atoms with Gasteiger partial charge in [0.25, 0.3) is 0 Å². The van der Waals surface area contributed by atoms with Gasteiger partial charge in [0.05, 0.1) is 23.5 Å². The third-order valence-electron chi connectivity index (χ3n) is 3.70. The normalized spacial score (nSPS) is 15.0. The zero-order chi connectivity index (χ0) is 14.9. The Balaban J connectivity index is 1.52. The Morgan fingerprint density at radius 3 is 3.00 bits per heavy atom. The molecule has 4 rings (SSSR count). The minimum atomic E-state index is 0.562. The van der Waals surface area contributed by atoms with E-state index in [1.807, 2.05) is 23.0 Å². The van der Waals surface area contributed by atoms with Gasteiger partial charge in [0.1, 0.15) is 12.0 Å². The average molecular weight is 316 g/mol. The first-order chi connectivity index (χ1) is 10.8. The molecule has 0 aliphatic carbocycles. The standard InChI is InChI=1S/C15H14ClN5O/c16-12-5-11(7-17-8-12)9-20-2-3-21-13(10-20)6-14(19-21)15-18-1-4-22-15/h1,4-8H,2-3,9-10H2. The van der Waals surface area contributed by atoms with Gasteiger partial charge in [0, 0.05) is 32.0 Å². The van der Waals surface area contributed by atoms with Crippen molar-refractivity contribution in [2.24, 2.45) is 0 Å². The second-order valence-corrected chi connectivity index (χ2v) is 5.74. The summed E-state index contributed by atoms with van der Waals surface area (Å²) in [5.41, 5.74) is 3.06. The van der Waals surface area contributed by atoms with Crippen molar-refractivity contribution >= 4 is 11.6 Å². The fourth-order valence-corrected chi connectivity index (χ4v) is 2.91. The lowest BCUT2D eigenvalue weighted by molar-refractivity contribution is 0.205. The quantitative estimate of drug-likeness (QED) is 0.743. The summed E-state index contributed by atoms with van der Waals surface area (Å²) < 4.78 is 7.33. The molecular formula is C15H14ClN5O. The van der Waals surface area contributed by atoms with Gasteiger partial charge in [-0.1, -0.05) is 11.6 Å². The molecular weight excluding hydrogens is 302 g/mol. The van der Waals surface area contributed by atoms with Gasteiger partial charge in [0.15, 0.2) is 0 Å². The minimum Gasteiger partial charge on any atom is -0.443 e. The monoisotopic (exact) mass is 315 g/mol. The first-order valence-electron chi connectivity index (χ1n) is 7.06. The Hall–Kier alpha value is -2.18. The molecule has 0 amide bonds. The Labute approximate surface area is 132 Å². The van der Waals surface area contributed by atoms with Crippen molar-refractivity contribution in [1.29, 1.82) is 0 Å². The molecule has 0 N–H and O–H groups in total. The van der Waals surface area contributed by atoms with Gasteiger partial charge in [-0.3, -0.25) is 14.6 Å². The van der Waals surface area contributed by atoms with Gasteiger partial charge < -0.3 is 4.42 Å². The van der Waals surface area contributed by atoms with Gasteiger partial charge in [-0.2, -0.15) is 5.10 Å². The lowest BCUT2D eigenvalue weighted by Gasteiger charge is -2.27. The first kappa shape index (κ1) is 13.5. The summed E-state index contributed by atoms with van der Waals surface area (Å²) in [5.74, 6) is 0.562. The lowest BCUT2D eigenvalue weighted by atomic mass is 10.2. The Morgan fingerprint density at radius 1 is 1.23 bits per heavy atom.